The Morgan fingerprint density at radius 1 is 1.10 bits per heavy atom. The molecule has 0 N–H and O–H groups in total. The second kappa shape index (κ2) is 10.3. The molecule has 0 unspecified atom stereocenters. The van der Waals surface area contributed by atoms with Crippen molar-refractivity contribution in [2.24, 2.45) is 0 Å². The first-order chi connectivity index (χ1) is 15.0. The highest BCUT2D eigenvalue weighted by atomic mass is 35.5. The molecule has 0 heterocycles. The van der Waals surface area contributed by atoms with Crippen LogP contribution in [0.4, 0.5) is 5.69 Å². The predicted octanol–water partition coefficient (Wildman–Crippen LogP) is 6.29. The van der Waals surface area contributed by atoms with Crippen LogP contribution in [0.3, 0.4) is 0 Å². The summed E-state index contributed by atoms with van der Waals surface area (Å²) < 4.78 is 11.5. The zero-order valence-corrected chi connectivity index (χ0v) is 17.5. The number of non-ortho nitro benzene ring substituents is 1. The molecule has 3 rings (SSSR count). The fraction of sp³-hybridized carbons (Fsp3) is 0.125. The van der Waals surface area contributed by atoms with E-state index in [9.17, 15) is 15.4 Å². The van der Waals surface area contributed by atoms with Crippen molar-refractivity contribution in [3.63, 3.8) is 0 Å². The van der Waals surface area contributed by atoms with Crippen molar-refractivity contribution in [2.45, 2.75) is 13.5 Å². The number of benzene rings is 3. The third kappa shape index (κ3) is 5.84. The minimum absolute atomic E-state index is 0.0119. The van der Waals surface area contributed by atoms with Crippen molar-refractivity contribution in [1.29, 1.82) is 5.26 Å². The highest BCUT2D eigenvalue weighted by Gasteiger charge is 2.10. The van der Waals surface area contributed by atoms with Gasteiger partial charge in [-0.3, -0.25) is 10.1 Å². The molecule has 0 aromatic heterocycles. The standard InChI is InChI=1S/C24H19ClN2O4/c1-2-30-24-14-17(12-20(15-26)19-7-9-21(25)10-8-19)6-11-23(24)31-16-18-4-3-5-22(13-18)27(28)29/h3-14H,2,16H2,1H3/b20-12-. The Labute approximate surface area is 185 Å². The van der Waals surface area contributed by atoms with Gasteiger partial charge in [0.05, 0.1) is 23.2 Å². The molecular formula is C24H19ClN2O4. The number of nitro groups is 1. The first kappa shape index (κ1) is 21.9. The largest absolute Gasteiger partial charge is 0.490 e. The number of rotatable bonds is 8. The zero-order valence-electron chi connectivity index (χ0n) is 16.7. The molecule has 3 aromatic carbocycles. The molecule has 0 radical (unpaired) electrons. The Morgan fingerprint density at radius 3 is 2.55 bits per heavy atom. The minimum atomic E-state index is -0.441. The molecule has 31 heavy (non-hydrogen) atoms. The van der Waals surface area contributed by atoms with E-state index < -0.39 is 4.92 Å². The summed E-state index contributed by atoms with van der Waals surface area (Å²) >= 11 is 5.92. The van der Waals surface area contributed by atoms with Crippen LogP contribution >= 0.6 is 11.6 Å². The summed E-state index contributed by atoms with van der Waals surface area (Å²) in [5.74, 6) is 1.03. The highest BCUT2D eigenvalue weighted by Crippen LogP contribution is 2.31. The molecule has 0 aliphatic carbocycles. The number of allylic oxidation sites excluding steroid dienone is 1. The van der Waals surface area contributed by atoms with E-state index in [0.29, 0.717) is 34.3 Å². The third-order valence-electron chi connectivity index (χ3n) is 4.37. The van der Waals surface area contributed by atoms with Gasteiger partial charge in [-0.1, -0.05) is 41.9 Å². The normalized spacial score (nSPS) is 10.9. The van der Waals surface area contributed by atoms with E-state index in [2.05, 4.69) is 6.07 Å². The fourth-order valence-electron chi connectivity index (χ4n) is 2.90. The lowest BCUT2D eigenvalue weighted by atomic mass is 10.0. The summed E-state index contributed by atoms with van der Waals surface area (Å²) in [6.45, 7) is 2.45. The minimum Gasteiger partial charge on any atom is -0.490 e. The molecule has 0 atom stereocenters. The van der Waals surface area contributed by atoms with Crippen LogP contribution in [0.5, 0.6) is 11.5 Å². The molecule has 0 amide bonds. The Morgan fingerprint density at radius 2 is 1.87 bits per heavy atom. The van der Waals surface area contributed by atoms with E-state index >= 15 is 0 Å². The van der Waals surface area contributed by atoms with Crippen molar-refractivity contribution < 1.29 is 14.4 Å². The maximum Gasteiger partial charge on any atom is 0.269 e. The molecule has 7 heteroatoms. The maximum atomic E-state index is 10.9. The first-order valence-electron chi connectivity index (χ1n) is 9.51. The second-order valence-corrected chi connectivity index (χ2v) is 6.97. The van der Waals surface area contributed by atoms with Gasteiger partial charge < -0.3 is 9.47 Å². The monoisotopic (exact) mass is 434 g/mol. The Bertz CT molecular complexity index is 1150. The number of nitriles is 1. The average Bonchev–Trinajstić information content (AvgIpc) is 2.78. The average molecular weight is 435 g/mol. The quantitative estimate of drug-likeness (QED) is 0.180. The summed E-state index contributed by atoms with van der Waals surface area (Å²) in [5.41, 5.74) is 2.71. The molecule has 0 fully saturated rings. The van der Waals surface area contributed by atoms with Gasteiger partial charge in [-0.2, -0.15) is 5.26 Å². The second-order valence-electron chi connectivity index (χ2n) is 6.53. The van der Waals surface area contributed by atoms with Gasteiger partial charge >= 0.3 is 0 Å². The van der Waals surface area contributed by atoms with E-state index in [1.54, 1.807) is 54.6 Å². The van der Waals surface area contributed by atoms with Crippen LogP contribution in [0.25, 0.3) is 11.6 Å². The van der Waals surface area contributed by atoms with Gasteiger partial charge in [0, 0.05) is 17.2 Å². The molecule has 0 aliphatic rings. The predicted molar refractivity (Wildman–Crippen MR) is 120 cm³/mol. The van der Waals surface area contributed by atoms with Crippen LogP contribution in [-0.2, 0) is 6.61 Å². The van der Waals surface area contributed by atoms with Gasteiger partial charge in [0.1, 0.15) is 6.61 Å². The topological polar surface area (TPSA) is 85.4 Å². The van der Waals surface area contributed by atoms with E-state index in [1.165, 1.54) is 12.1 Å². The SMILES string of the molecule is CCOc1cc(/C=C(/C#N)c2ccc(Cl)cc2)ccc1OCc1cccc([N+](=O)[O-])c1. The molecule has 0 bridgehead atoms. The summed E-state index contributed by atoms with van der Waals surface area (Å²) in [4.78, 5) is 10.5. The van der Waals surface area contributed by atoms with E-state index in [1.807, 2.05) is 13.0 Å². The lowest BCUT2D eigenvalue weighted by Crippen LogP contribution is -2.00. The van der Waals surface area contributed by atoms with Crippen molar-refractivity contribution in [1.82, 2.24) is 0 Å². The van der Waals surface area contributed by atoms with Gasteiger partial charge in [-0.25, -0.2) is 0 Å². The molecule has 0 saturated carbocycles. The molecular weight excluding hydrogens is 416 g/mol. The number of hydrogen-bond donors (Lipinski definition) is 0. The van der Waals surface area contributed by atoms with Crippen LogP contribution in [0.1, 0.15) is 23.6 Å². The summed E-state index contributed by atoms with van der Waals surface area (Å²) in [6, 6.07) is 20.9. The van der Waals surface area contributed by atoms with Gasteiger partial charge in [-0.05, 0) is 54.0 Å². The van der Waals surface area contributed by atoms with Crippen LogP contribution in [0, 0.1) is 21.4 Å². The molecule has 0 spiro atoms. The lowest BCUT2D eigenvalue weighted by Gasteiger charge is -2.13. The van der Waals surface area contributed by atoms with Gasteiger partial charge in [-0.15, -0.1) is 0 Å². The Hall–Kier alpha value is -3.82. The zero-order chi connectivity index (χ0) is 22.2. The van der Waals surface area contributed by atoms with Crippen molar-refractivity contribution in [3.8, 4) is 17.6 Å². The number of nitro benzene ring substituents is 1. The van der Waals surface area contributed by atoms with E-state index in [-0.39, 0.29) is 12.3 Å². The van der Waals surface area contributed by atoms with Crippen molar-refractivity contribution in [3.05, 3.63) is 98.6 Å². The number of ether oxygens (including phenoxy) is 2. The molecule has 6 nitrogen and oxygen atoms in total. The number of halogens is 1. The van der Waals surface area contributed by atoms with Crippen molar-refractivity contribution >= 4 is 28.9 Å². The summed E-state index contributed by atoms with van der Waals surface area (Å²) in [5, 5.41) is 21.1. The summed E-state index contributed by atoms with van der Waals surface area (Å²) in [7, 11) is 0. The van der Waals surface area contributed by atoms with E-state index in [4.69, 9.17) is 21.1 Å². The fourth-order valence-corrected chi connectivity index (χ4v) is 3.03. The summed E-state index contributed by atoms with van der Waals surface area (Å²) in [6.07, 6.45) is 1.76. The van der Waals surface area contributed by atoms with Gasteiger partial charge in [0.15, 0.2) is 11.5 Å². The number of hydrogen-bond acceptors (Lipinski definition) is 5. The first-order valence-corrected chi connectivity index (χ1v) is 9.88. The number of nitrogens with zero attached hydrogens (tertiary/aromatic N) is 2. The Balaban J connectivity index is 1.83. The molecule has 0 aliphatic heterocycles. The van der Waals surface area contributed by atoms with Crippen molar-refractivity contribution in [2.75, 3.05) is 6.61 Å². The third-order valence-corrected chi connectivity index (χ3v) is 4.62. The molecule has 156 valence electrons. The van der Waals surface area contributed by atoms with Gasteiger partial charge in [0.2, 0.25) is 0 Å². The van der Waals surface area contributed by atoms with Gasteiger partial charge in [0.25, 0.3) is 5.69 Å². The van der Waals surface area contributed by atoms with Crippen LogP contribution in [0.15, 0.2) is 66.7 Å². The highest BCUT2D eigenvalue weighted by molar-refractivity contribution is 6.30. The molecule has 0 saturated heterocycles. The van der Waals surface area contributed by atoms with Crippen LogP contribution < -0.4 is 9.47 Å². The Kier molecular flexibility index (Phi) is 7.26. The van der Waals surface area contributed by atoms with E-state index in [0.717, 1.165) is 11.1 Å². The lowest BCUT2D eigenvalue weighted by molar-refractivity contribution is -0.384. The maximum absolute atomic E-state index is 10.9. The van der Waals surface area contributed by atoms with Crippen LogP contribution in [0.2, 0.25) is 5.02 Å². The smallest absolute Gasteiger partial charge is 0.269 e. The molecule has 3 aromatic rings. The van der Waals surface area contributed by atoms with Crippen LogP contribution in [-0.4, -0.2) is 11.5 Å².